The lowest BCUT2D eigenvalue weighted by atomic mass is 10.2. The van der Waals surface area contributed by atoms with Gasteiger partial charge in [0.25, 0.3) is 0 Å². The molecule has 0 saturated heterocycles. The fraction of sp³-hybridized carbons (Fsp3) is 0.417. The summed E-state index contributed by atoms with van der Waals surface area (Å²) in [5.41, 5.74) is 13.2. The molecule has 0 atom stereocenters. The molecule has 0 fully saturated rings. The maximum absolute atomic E-state index is 11.3. The van der Waals surface area contributed by atoms with E-state index >= 15 is 0 Å². The fourth-order valence-corrected chi connectivity index (χ4v) is 1.40. The SMILES string of the molecule is CCCCNC(=O)OCc1cc(N)cc(N)c1. The highest BCUT2D eigenvalue weighted by molar-refractivity contribution is 5.67. The molecule has 1 aromatic carbocycles. The van der Waals surface area contributed by atoms with Crippen LogP contribution in [0.2, 0.25) is 0 Å². The van der Waals surface area contributed by atoms with Crippen molar-refractivity contribution in [1.82, 2.24) is 5.32 Å². The van der Waals surface area contributed by atoms with E-state index in [4.69, 9.17) is 16.2 Å². The molecule has 0 bridgehead atoms. The molecule has 0 unspecified atom stereocenters. The van der Waals surface area contributed by atoms with Crippen LogP contribution < -0.4 is 16.8 Å². The van der Waals surface area contributed by atoms with Crippen LogP contribution in [0.3, 0.4) is 0 Å². The Morgan fingerprint density at radius 2 is 1.94 bits per heavy atom. The van der Waals surface area contributed by atoms with Crippen molar-refractivity contribution in [3.05, 3.63) is 23.8 Å². The Morgan fingerprint density at radius 3 is 2.53 bits per heavy atom. The molecule has 5 heteroatoms. The molecule has 0 aliphatic rings. The van der Waals surface area contributed by atoms with Gasteiger partial charge in [-0.2, -0.15) is 0 Å². The van der Waals surface area contributed by atoms with Crippen LogP contribution in [0.1, 0.15) is 25.3 Å². The molecule has 5 N–H and O–H groups in total. The van der Waals surface area contributed by atoms with Gasteiger partial charge in [-0.25, -0.2) is 4.79 Å². The van der Waals surface area contributed by atoms with Gasteiger partial charge in [0.15, 0.2) is 0 Å². The van der Waals surface area contributed by atoms with E-state index < -0.39 is 6.09 Å². The van der Waals surface area contributed by atoms with Crippen molar-refractivity contribution in [3.8, 4) is 0 Å². The number of amides is 1. The van der Waals surface area contributed by atoms with E-state index in [1.807, 2.05) is 0 Å². The smallest absolute Gasteiger partial charge is 0.407 e. The number of hydrogen-bond donors (Lipinski definition) is 3. The Kier molecular flexibility index (Phi) is 5.13. The number of nitrogens with one attached hydrogen (secondary N) is 1. The van der Waals surface area contributed by atoms with Crippen molar-refractivity contribution in [1.29, 1.82) is 0 Å². The first kappa shape index (κ1) is 13.2. The minimum absolute atomic E-state index is 0.174. The van der Waals surface area contributed by atoms with Gasteiger partial charge in [-0.3, -0.25) is 0 Å². The van der Waals surface area contributed by atoms with Gasteiger partial charge >= 0.3 is 6.09 Å². The van der Waals surface area contributed by atoms with Gasteiger partial charge in [-0.1, -0.05) is 13.3 Å². The molecule has 94 valence electrons. The third-order valence-corrected chi connectivity index (χ3v) is 2.21. The summed E-state index contributed by atoms with van der Waals surface area (Å²) < 4.78 is 5.02. The molecular formula is C12H19N3O2. The molecule has 0 aliphatic carbocycles. The Morgan fingerprint density at radius 1 is 1.29 bits per heavy atom. The first-order valence-corrected chi connectivity index (χ1v) is 5.67. The van der Waals surface area contributed by atoms with E-state index in [0.717, 1.165) is 18.4 Å². The van der Waals surface area contributed by atoms with E-state index in [1.165, 1.54) is 0 Å². The molecule has 1 rings (SSSR count). The topological polar surface area (TPSA) is 90.4 Å². The van der Waals surface area contributed by atoms with Crippen LogP contribution in [0, 0.1) is 0 Å². The maximum Gasteiger partial charge on any atom is 0.407 e. The molecule has 17 heavy (non-hydrogen) atoms. The molecule has 0 saturated carbocycles. The monoisotopic (exact) mass is 237 g/mol. The zero-order valence-corrected chi connectivity index (χ0v) is 10.0. The molecule has 0 spiro atoms. The number of anilines is 2. The third kappa shape index (κ3) is 5.10. The number of nitrogen functional groups attached to an aromatic ring is 2. The van der Waals surface area contributed by atoms with Gasteiger partial charge in [0, 0.05) is 17.9 Å². The van der Waals surface area contributed by atoms with Crippen LogP contribution in [0.15, 0.2) is 18.2 Å². The zero-order chi connectivity index (χ0) is 12.7. The summed E-state index contributed by atoms with van der Waals surface area (Å²) in [5.74, 6) is 0. The highest BCUT2D eigenvalue weighted by Gasteiger charge is 2.02. The molecule has 0 aliphatic heterocycles. The van der Waals surface area contributed by atoms with E-state index in [1.54, 1.807) is 18.2 Å². The Balaban J connectivity index is 2.36. The Bertz CT molecular complexity index is 360. The summed E-state index contributed by atoms with van der Waals surface area (Å²) in [4.78, 5) is 11.3. The number of ether oxygens (including phenoxy) is 1. The van der Waals surface area contributed by atoms with Crippen molar-refractivity contribution in [2.45, 2.75) is 26.4 Å². The average Bonchev–Trinajstić information content (AvgIpc) is 2.25. The second kappa shape index (κ2) is 6.62. The minimum Gasteiger partial charge on any atom is -0.445 e. The number of alkyl carbamates (subject to hydrolysis) is 1. The van der Waals surface area contributed by atoms with E-state index in [0.29, 0.717) is 17.9 Å². The van der Waals surface area contributed by atoms with Crippen LogP contribution in [0.4, 0.5) is 16.2 Å². The number of carbonyl (C=O) groups excluding carboxylic acids is 1. The van der Waals surface area contributed by atoms with Gasteiger partial charge in [-0.15, -0.1) is 0 Å². The number of hydrogen-bond acceptors (Lipinski definition) is 4. The average molecular weight is 237 g/mol. The normalized spacial score (nSPS) is 9.94. The number of benzene rings is 1. The van der Waals surface area contributed by atoms with Crippen LogP contribution in [0.5, 0.6) is 0 Å². The first-order valence-electron chi connectivity index (χ1n) is 5.67. The van der Waals surface area contributed by atoms with Crippen molar-refractivity contribution in [3.63, 3.8) is 0 Å². The molecule has 0 aromatic heterocycles. The third-order valence-electron chi connectivity index (χ3n) is 2.21. The fourth-order valence-electron chi connectivity index (χ4n) is 1.40. The van der Waals surface area contributed by atoms with Crippen LogP contribution in [-0.4, -0.2) is 12.6 Å². The lowest BCUT2D eigenvalue weighted by Gasteiger charge is -2.07. The van der Waals surface area contributed by atoms with E-state index in [2.05, 4.69) is 12.2 Å². The van der Waals surface area contributed by atoms with Crippen molar-refractivity contribution >= 4 is 17.5 Å². The predicted molar refractivity (Wildman–Crippen MR) is 68.4 cm³/mol. The van der Waals surface area contributed by atoms with Crippen LogP contribution in [0.25, 0.3) is 0 Å². The van der Waals surface area contributed by atoms with Gasteiger partial charge in [0.2, 0.25) is 0 Å². The standard InChI is InChI=1S/C12H19N3O2/c1-2-3-4-15-12(16)17-8-9-5-10(13)7-11(14)6-9/h5-7H,2-4,8,13-14H2,1H3,(H,15,16). The first-order chi connectivity index (χ1) is 8.11. The lowest BCUT2D eigenvalue weighted by Crippen LogP contribution is -2.25. The lowest BCUT2D eigenvalue weighted by molar-refractivity contribution is 0.139. The zero-order valence-electron chi connectivity index (χ0n) is 10.0. The molecule has 0 radical (unpaired) electrons. The molecule has 1 amide bonds. The number of unbranched alkanes of at least 4 members (excludes halogenated alkanes) is 1. The highest BCUT2D eigenvalue weighted by atomic mass is 16.5. The predicted octanol–water partition coefficient (Wildman–Crippen LogP) is 1.88. The van der Waals surface area contributed by atoms with Crippen molar-refractivity contribution < 1.29 is 9.53 Å². The van der Waals surface area contributed by atoms with Gasteiger partial charge in [-0.05, 0) is 30.2 Å². The Labute approximate surface area is 101 Å². The van der Waals surface area contributed by atoms with Gasteiger partial charge < -0.3 is 21.5 Å². The summed E-state index contributed by atoms with van der Waals surface area (Å²) in [5, 5.41) is 2.66. The second-order valence-corrected chi connectivity index (χ2v) is 3.86. The molecule has 0 heterocycles. The maximum atomic E-state index is 11.3. The van der Waals surface area contributed by atoms with Gasteiger partial charge in [0.05, 0.1) is 0 Å². The quantitative estimate of drug-likeness (QED) is 0.538. The number of rotatable bonds is 5. The largest absolute Gasteiger partial charge is 0.445 e. The second-order valence-electron chi connectivity index (χ2n) is 3.86. The van der Waals surface area contributed by atoms with Crippen molar-refractivity contribution in [2.75, 3.05) is 18.0 Å². The summed E-state index contributed by atoms with van der Waals surface area (Å²) in [6.45, 7) is 2.87. The van der Waals surface area contributed by atoms with Crippen molar-refractivity contribution in [2.24, 2.45) is 0 Å². The molecule has 1 aromatic rings. The summed E-state index contributed by atoms with van der Waals surface area (Å²) in [6.07, 6.45) is 1.56. The van der Waals surface area contributed by atoms with Crippen LogP contribution in [-0.2, 0) is 11.3 Å². The summed E-state index contributed by atoms with van der Waals surface area (Å²) in [6, 6.07) is 5.12. The van der Waals surface area contributed by atoms with Crippen LogP contribution >= 0.6 is 0 Å². The number of carbonyl (C=O) groups is 1. The highest BCUT2D eigenvalue weighted by Crippen LogP contribution is 2.14. The van der Waals surface area contributed by atoms with E-state index in [-0.39, 0.29) is 6.61 Å². The van der Waals surface area contributed by atoms with Gasteiger partial charge in [0.1, 0.15) is 6.61 Å². The minimum atomic E-state index is -0.417. The summed E-state index contributed by atoms with van der Waals surface area (Å²) >= 11 is 0. The molecular weight excluding hydrogens is 218 g/mol. The van der Waals surface area contributed by atoms with E-state index in [9.17, 15) is 4.79 Å². The summed E-state index contributed by atoms with van der Waals surface area (Å²) in [7, 11) is 0. The number of nitrogens with two attached hydrogens (primary N) is 2. The molecule has 5 nitrogen and oxygen atoms in total. The Hall–Kier alpha value is -1.91.